The highest BCUT2D eigenvalue weighted by Gasteiger charge is 2.39. The molecule has 1 aliphatic heterocycles. The van der Waals surface area contributed by atoms with Gasteiger partial charge >= 0.3 is 5.97 Å². The van der Waals surface area contributed by atoms with E-state index < -0.39 is 5.97 Å². The van der Waals surface area contributed by atoms with Gasteiger partial charge in [-0.05, 0) is 56.9 Å². The summed E-state index contributed by atoms with van der Waals surface area (Å²) in [6, 6.07) is 1.08. The Hall–Kier alpha value is -0.570. The van der Waals surface area contributed by atoms with Crippen LogP contribution < -0.4 is 0 Å². The lowest BCUT2D eigenvalue weighted by Crippen LogP contribution is -2.52. The molecule has 0 amide bonds. The Morgan fingerprint density at radius 1 is 1.26 bits per heavy atom. The van der Waals surface area contributed by atoms with Crippen molar-refractivity contribution in [2.24, 2.45) is 17.3 Å². The number of carboxylic acid groups (broad SMARTS) is 1. The van der Waals surface area contributed by atoms with Gasteiger partial charge in [0.1, 0.15) is 0 Å². The molecule has 0 aromatic rings. The van der Waals surface area contributed by atoms with E-state index in [1.165, 1.54) is 19.3 Å². The van der Waals surface area contributed by atoms with Crippen molar-refractivity contribution in [1.82, 2.24) is 4.90 Å². The molecular weight excluding hydrogens is 238 g/mol. The number of carbonyl (C=O) groups is 1. The number of carboxylic acids is 1. The SMILES string of the molecule is CC1CC(C)(C)CCC1N1CCC(C(=O)O)CC1C. The van der Waals surface area contributed by atoms with Crippen molar-refractivity contribution in [3.63, 3.8) is 0 Å². The average molecular weight is 267 g/mol. The van der Waals surface area contributed by atoms with Crippen LogP contribution in [0.15, 0.2) is 0 Å². The molecule has 1 aliphatic carbocycles. The maximum Gasteiger partial charge on any atom is 0.306 e. The van der Waals surface area contributed by atoms with Crippen molar-refractivity contribution in [3.05, 3.63) is 0 Å². The van der Waals surface area contributed by atoms with Gasteiger partial charge < -0.3 is 5.11 Å². The van der Waals surface area contributed by atoms with Crippen LogP contribution in [0.25, 0.3) is 0 Å². The molecule has 19 heavy (non-hydrogen) atoms. The standard InChI is InChI=1S/C16H29NO2/c1-11-10-16(3,4)7-5-14(11)17-8-6-13(15(18)19)9-12(17)2/h11-14H,5-10H2,1-4H3,(H,18,19). The molecule has 0 aromatic carbocycles. The van der Waals surface area contributed by atoms with E-state index in [1.807, 2.05) is 0 Å². The van der Waals surface area contributed by atoms with Crippen molar-refractivity contribution >= 4 is 5.97 Å². The van der Waals surface area contributed by atoms with Crippen LogP contribution in [-0.2, 0) is 4.79 Å². The molecule has 2 rings (SSSR count). The molecule has 110 valence electrons. The van der Waals surface area contributed by atoms with E-state index in [0.29, 0.717) is 17.5 Å². The minimum Gasteiger partial charge on any atom is -0.481 e. The van der Waals surface area contributed by atoms with Gasteiger partial charge in [0.2, 0.25) is 0 Å². The fourth-order valence-corrected chi connectivity index (χ4v) is 4.33. The number of nitrogens with zero attached hydrogens (tertiary/aromatic N) is 1. The molecular formula is C16H29NO2. The van der Waals surface area contributed by atoms with E-state index in [-0.39, 0.29) is 5.92 Å². The Morgan fingerprint density at radius 3 is 2.47 bits per heavy atom. The molecule has 2 fully saturated rings. The van der Waals surface area contributed by atoms with Crippen LogP contribution in [0.3, 0.4) is 0 Å². The predicted octanol–water partition coefficient (Wildman–Crippen LogP) is 3.39. The summed E-state index contributed by atoms with van der Waals surface area (Å²) < 4.78 is 0. The second-order valence-electron chi connectivity index (χ2n) is 7.60. The van der Waals surface area contributed by atoms with Crippen molar-refractivity contribution in [3.8, 4) is 0 Å². The molecule has 1 saturated heterocycles. The van der Waals surface area contributed by atoms with E-state index in [0.717, 1.165) is 25.3 Å². The Kier molecular flexibility index (Phi) is 4.24. The maximum atomic E-state index is 11.1. The van der Waals surface area contributed by atoms with Crippen molar-refractivity contribution in [1.29, 1.82) is 0 Å². The highest BCUT2D eigenvalue weighted by atomic mass is 16.4. The largest absolute Gasteiger partial charge is 0.481 e. The monoisotopic (exact) mass is 267 g/mol. The van der Waals surface area contributed by atoms with Gasteiger partial charge in [0.25, 0.3) is 0 Å². The van der Waals surface area contributed by atoms with Crippen LogP contribution in [0.1, 0.15) is 59.8 Å². The molecule has 4 atom stereocenters. The minimum absolute atomic E-state index is 0.124. The van der Waals surface area contributed by atoms with E-state index in [4.69, 9.17) is 5.11 Å². The summed E-state index contributed by atoms with van der Waals surface area (Å²) >= 11 is 0. The first-order chi connectivity index (χ1) is 8.80. The lowest BCUT2D eigenvalue weighted by molar-refractivity contribution is -0.144. The molecule has 0 spiro atoms. The van der Waals surface area contributed by atoms with E-state index >= 15 is 0 Å². The van der Waals surface area contributed by atoms with E-state index in [2.05, 4.69) is 32.6 Å². The zero-order valence-corrected chi connectivity index (χ0v) is 12.9. The summed E-state index contributed by atoms with van der Waals surface area (Å²) in [7, 11) is 0. The maximum absolute atomic E-state index is 11.1. The molecule has 0 bridgehead atoms. The first kappa shape index (κ1) is 14.8. The second kappa shape index (κ2) is 5.43. The Balaban J connectivity index is 1.98. The van der Waals surface area contributed by atoms with Crippen LogP contribution in [0.2, 0.25) is 0 Å². The van der Waals surface area contributed by atoms with Gasteiger partial charge in [0, 0.05) is 12.1 Å². The third kappa shape index (κ3) is 3.31. The first-order valence-electron chi connectivity index (χ1n) is 7.79. The number of likely N-dealkylation sites (tertiary alicyclic amines) is 1. The van der Waals surface area contributed by atoms with E-state index in [1.54, 1.807) is 0 Å². The third-order valence-corrected chi connectivity index (χ3v) is 5.35. The molecule has 1 saturated carbocycles. The van der Waals surface area contributed by atoms with Crippen LogP contribution in [0.4, 0.5) is 0 Å². The van der Waals surface area contributed by atoms with Gasteiger partial charge in [-0.1, -0.05) is 20.8 Å². The molecule has 4 unspecified atom stereocenters. The normalized spacial score (nSPS) is 40.0. The summed E-state index contributed by atoms with van der Waals surface area (Å²) in [6.45, 7) is 10.3. The summed E-state index contributed by atoms with van der Waals surface area (Å²) in [4.78, 5) is 13.7. The first-order valence-corrected chi connectivity index (χ1v) is 7.79. The van der Waals surface area contributed by atoms with Gasteiger partial charge in [-0.15, -0.1) is 0 Å². The number of aliphatic carboxylic acids is 1. The van der Waals surface area contributed by atoms with Gasteiger partial charge in [-0.3, -0.25) is 9.69 Å². The van der Waals surface area contributed by atoms with Gasteiger partial charge in [-0.25, -0.2) is 0 Å². The Morgan fingerprint density at radius 2 is 1.95 bits per heavy atom. The topological polar surface area (TPSA) is 40.5 Å². The van der Waals surface area contributed by atoms with Crippen molar-refractivity contribution in [2.75, 3.05) is 6.54 Å². The van der Waals surface area contributed by atoms with Gasteiger partial charge in [0.05, 0.1) is 5.92 Å². The number of hydrogen-bond donors (Lipinski definition) is 1. The molecule has 1 heterocycles. The molecule has 3 nitrogen and oxygen atoms in total. The quantitative estimate of drug-likeness (QED) is 0.833. The molecule has 0 aromatic heterocycles. The zero-order valence-electron chi connectivity index (χ0n) is 12.9. The second-order valence-corrected chi connectivity index (χ2v) is 7.60. The highest BCUT2D eigenvalue weighted by molar-refractivity contribution is 5.70. The third-order valence-electron chi connectivity index (χ3n) is 5.35. The molecule has 0 radical (unpaired) electrons. The van der Waals surface area contributed by atoms with Gasteiger partial charge in [0.15, 0.2) is 0 Å². The lowest BCUT2D eigenvalue weighted by Gasteiger charge is -2.49. The fourth-order valence-electron chi connectivity index (χ4n) is 4.33. The summed E-state index contributed by atoms with van der Waals surface area (Å²) in [5.41, 5.74) is 0.485. The van der Waals surface area contributed by atoms with Crippen LogP contribution in [-0.4, -0.2) is 34.6 Å². The summed E-state index contributed by atoms with van der Waals surface area (Å²) in [5, 5.41) is 9.15. The fraction of sp³-hybridized carbons (Fsp3) is 0.938. The predicted molar refractivity (Wildman–Crippen MR) is 77.1 cm³/mol. The molecule has 3 heteroatoms. The Bertz CT molecular complexity index is 340. The zero-order chi connectivity index (χ0) is 14.2. The summed E-state index contributed by atoms with van der Waals surface area (Å²) in [6.07, 6.45) is 5.52. The number of piperidine rings is 1. The number of hydrogen-bond acceptors (Lipinski definition) is 2. The number of rotatable bonds is 2. The Labute approximate surface area is 117 Å². The molecule has 1 N–H and O–H groups in total. The molecule has 2 aliphatic rings. The van der Waals surface area contributed by atoms with Crippen LogP contribution >= 0.6 is 0 Å². The van der Waals surface area contributed by atoms with Crippen molar-refractivity contribution < 1.29 is 9.90 Å². The van der Waals surface area contributed by atoms with E-state index in [9.17, 15) is 4.79 Å². The van der Waals surface area contributed by atoms with Crippen LogP contribution in [0.5, 0.6) is 0 Å². The van der Waals surface area contributed by atoms with Crippen LogP contribution in [0, 0.1) is 17.3 Å². The lowest BCUT2D eigenvalue weighted by atomic mass is 9.69. The minimum atomic E-state index is -0.607. The van der Waals surface area contributed by atoms with Crippen molar-refractivity contribution in [2.45, 2.75) is 71.9 Å². The summed E-state index contributed by atoms with van der Waals surface area (Å²) in [5.74, 6) is -0.00140. The smallest absolute Gasteiger partial charge is 0.306 e. The van der Waals surface area contributed by atoms with Gasteiger partial charge in [-0.2, -0.15) is 0 Å². The highest BCUT2D eigenvalue weighted by Crippen LogP contribution is 2.42. The average Bonchev–Trinajstić information content (AvgIpc) is 2.29.